The molecule has 2 N–H and O–H groups in total. The van der Waals surface area contributed by atoms with Crippen molar-refractivity contribution in [2.45, 2.75) is 20.8 Å². The first-order valence-corrected chi connectivity index (χ1v) is 8.67. The van der Waals surface area contributed by atoms with E-state index in [1.807, 2.05) is 32.9 Å². The van der Waals surface area contributed by atoms with Crippen molar-refractivity contribution < 1.29 is 4.79 Å². The van der Waals surface area contributed by atoms with Gasteiger partial charge in [0.1, 0.15) is 0 Å². The Kier molecular flexibility index (Phi) is 6.33. The van der Waals surface area contributed by atoms with Gasteiger partial charge in [0.05, 0.1) is 20.8 Å². The van der Waals surface area contributed by atoms with Crippen LogP contribution in [0.1, 0.15) is 20.8 Å². The summed E-state index contributed by atoms with van der Waals surface area (Å²) < 4.78 is 0. The number of hydrazone groups is 1. The number of nitrogens with zero attached hydrogens (tertiary/aromatic N) is 1. The lowest BCUT2D eigenvalue weighted by Gasteiger charge is -2.19. The van der Waals surface area contributed by atoms with E-state index >= 15 is 0 Å². The van der Waals surface area contributed by atoms with Crippen molar-refractivity contribution in [3.05, 3.63) is 57.5 Å². The monoisotopic (exact) mass is 397 g/mol. The van der Waals surface area contributed by atoms with E-state index in [9.17, 15) is 4.79 Å². The summed E-state index contributed by atoms with van der Waals surface area (Å²) in [6.45, 7) is 5.45. The van der Waals surface area contributed by atoms with Gasteiger partial charge in [0.2, 0.25) is 5.78 Å². The Bertz CT molecular complexity index is 813. The highest BCUT2D eigenvalue weighted by atomic mass is 35.5. The van der Waals surface area contributed by atoms with Crippen LogP contribution in [0.15, 0.2) is 47.6 Å². The number of rotatable bonds is 4. The fraction of sp³-hybridized carbons (Fsp3) is 0.222. The molecular weight excluding hydrogens is 381 g/mol. The zero-order valence-corrected chi connectivity index (χ0v) is 16.3. The Morgan fingerprint density at radius 3 is 2.24 bits per heavy atom. The Balaban J connectivity index is 2.32. The second-order valence-electron chi connectivity index (χ2n) is 6.39. The lowest BCUT2D eigenvalue weighted by molar-refractivity contribution is -0.119. The van der Waals surface area contributed by atoms with Gasteiger partial charge in [0, 0.05) is 11.1 Å². The van der Waals surface area contributed by atoms with E-state index in [4.69, 9.17) is 34.8 Å². The SMILES string of the molecule is CC(C)(C)C(=O)/C(=N/Nc1ccccc1Cl)Nc1ccc(Cl)c(Cl)c1. The molecule has 0 amide bonds. The summed E-state index contributed by atoms with van der Waals surface area (Å²) in [5.74, 6) is -0.0241. The molecule has 0 saturated carbocycles. The standard InChI is InChI=1S/C18H18Cl3N3O/c1-18(2,3)16(25)17(22-11-8-9-12(19)14(21)10-11)24-23-15-7-5-4-6-13(15)20/h4-10,23H,1-3H3,(H,22,24). The Morgan fingerprint density at radius 2 is 1.64 bits per heavy atom. The minimum atomic E-state index is -0.621. The molecule has 0 saturated heterocycles. The first-order chi connectivity index (χ1) is 11.7. The lowest BCUT2D eigenvalue weighted by Crippen LogP contribution is -2.34. The Morgan fingerprint density at radius 1 is 0.960 bits per heavy atom. The average Bonchev–Trinajstić information content (AvgIpc) is 2.54. The van der Waals surface area contributed by atoms with E-state index in [0.29, 0.717) is 26.4 Å². The normalized spacial score (nSPS) is 12.0. The Labute approximate surface area is 162 Å². The maximum Gasteiger partial charge on any atom is 0.205 e. The molecule has 0 aliphatic carbocycles. The number of carbonyl (C=O) groups excluding carboxylic acids is 1. The number of nitrogens with one attached hydrogen (secondary N) is 2. The zero-order valence-electron chi connectivity index (χ0n) is 14.0. The highest BCUT2D eigenvalue weighted by Crippen LogP contribution is 2.26. The quantitative estimate of drug-likeness (QED) is 0.372. The van der Waals surface area contributed by atoms with E-state index in [1.54, 1.807) is 30.3 Å². The van der Waals surface area contributed by atoms with Crippen molar-refractivity contribution in [1.29, 1.82) is 0 Å². The van der Waals surface area contributed by atoms with Crippen molar-refractivity contribution in [1.82, 2.24) is 0 Å². The van der Waals surface area contributed by atoms with Gasteiger partial charge in [0.25, 0.3) is 0 Å². The lowest BCUT2D eigenvalue weighted by atomic mass is 9.90. The highest BCUT2D eigenvalue weighted by Gasteiger charge is 2.27. The molecule has 0 unspecified atom stereocenters. The van der Waals surface area contributed by atoms with E-state index in [0.717, 1.165) is 0 Å². The van der Waals surface area contributed by atoms with Crippen molar-refractivity contribution >= 4 is 57.8 Å². The molecule has 0 radical (unpaired) electrons. The van der Waals surface area contributed by atoms with Crippen LogP contribution in [0.25, 0.3) is 0 Å². The predicted molar refractivity (Wildman–Crippen MR) is 107 cm³/mol. The summed E-state index contributed by atoms with van der Waals surface area (Å²) in [5, 5.41) is 8.53. The van der Waals surface area contributed by atoms with Crippen LogP contribution in [0.3, 0.4) is 0 Å². The third-order valence-corrected chi connectivity index (χ3v) is 4.31. The van der Waals surface area contributed by atoms with Gasteiger partial charge in [-0.25, -0.2) is 0 Å². The molecule has 0 spiro atoms. The molecule has 0 bridgehead atoms. The third kappa shape index (κ3) is 5.36. The van der Waals surface area contributed by atoms with E-state index in [-0.39, 0.29) is 11.6 Å². The number of Topliss-reactive ketones (excluding diaryl/α,β-unsaturated/α-hetero) is 1. The van der Waals surface area contributed by atoms with Crippen LogP contribution in [0, 0.1) is 5.41 Å². The molecule has 4 nitrogen and oxygen atoms in total. The summed E-state index contributed by atoms with van der Waals surface area (Å²) in [6.07, 6.45) is 0. The van der Waals surface area contributed by atoms with Crippen LogP contribution in [0.4, 0.5) is 11.4 Å². The van der Waals surface area contributed by atoms with Gasteiger partial charge in [-0.3, -0.25) is 10.2 Å². The van der Waals surface area contributed by atoms with Gasteiger partial charge in [-0.15, -0.1) is 0 Å². The summed E-state index contributed by atoms with van der Waals surface area (Å²) in [7, 11) is 0. The second kappa shape index (κ2) is 8.09. The van der Waals surface area contributed by atoms with Crippen LogP contribution in [0.5, 0.6) is 0 Å². The molecule has 25 heavy (non-hydrogen) atoms. The molecule has 0 aliphatic heterocycles. The molecule has 0 atom stereocenters. The number of halogens is 3. The summed E-state index contributed by atoms with van der Waals surface area (Å²) in [4.78, 5) is 12.7. The number of amidine groups is 1. The molecule has 132 valence electrons. The molecule has 0 aromatic heterocycles. The summed E-state index contributed by atoms with van der Waals surface area (Å²) in [6, 6.07) is 12.1. The number of para-hydroxylation sites is 1. The average molecular weight is 399 g/mol. The molecule has 0 fully saturated rings. The van der Waals surface area contributed by atoms with Crippen molar-refractivity contribution in [3.8, 4) is 0 Å². The molecule has 7 heteroatoms. The maximum atomic E-state index is 12.7. The number of hydrogen-bond donors (Lipinski definition) is 2. The van der Waals surface area contributed by atoms with E-state index in [2.05, 4.69) is 15.8 Å². The molecule has 2 aromatic carbocycles. The van der Waals surface area contributed by atoms with Crippen LogP contribution in [-0.2, 0) is 4.79 Å². The van der Waals surface area contributed by atoms with Crippen molar-refractivity contribution in [3.63, 3.8) is 0 Å². The minimum Gasteiger partial charge on any atom is -0.336 e. The van der Waals surface area contributed by atoms with Crippen LogP contribution in [0.2, 0.25) is 15.1 Å². The number of benzene rings is 2. The van der Waals surface area contributed by atoms with Gasteiger partial charge < -0.3 is 5.32 Å². The largest absolute Gasteiger partial charge is 0.336 e. The molecule has 0 aliphatic rings. The summed E-state index contributed by atoms with van der Waals surface area (Å²) in [5.41, 5.74) is 3.41. The number of hydrogen-bond acceptors (Lipinski definition) is 3. The Hall–Kier alpha value is -1.75. The molecule has 2 rings (SSSR count). The first-order valence-electron chi connectivity index (χ1n) is 7.53. The van der Waals surface area contributed by atoms with Gasteiger partial charge in [-0.2, -0.15) is 5.10 Å². The smallest absolute Gasteiger partial charge is 0.205 e. The zero-order chi connectivity index (χ0) is 18.6. The highest BCUT2D eigenvalue weighted by molar-refractivity contribution is 6.45. The maximum absolute atomic E-state index is 12.7. The van der Waals surface area contributed by atoms with Crippen LogP contribution >= 0.6 is 34.8 Å². The van der Waals surface area contributed by atoms with Gasteiger partial charge in [-0.1, -0.05) is 67.7 Å². The number of carbonyl (C=O) groups is 1. The van der Waals surface area contributed by atoms with Crippen LogP contribution < -0.4 is 10.7 Å². The molecule has 2 aromatic rings. The fourth-order valence-electron chi connectivity index (χ4n) is 1.87. The fourth-order valence-corrected chi connectivity index (χ4v) is 2.35. The van der Waals surface area contributed by atoms with Crippen molar-refractivity contribution in [2.75, 3.05) is 10.7 Å². The van der Waals surface area contributed by atoms with Crippen LogP contribution in [-0.4, -0.2) is 11.6 Å². The van der Waals surface area contributed by atoms with E-state index in [1.165, 1.54) is 0 Å². The minimum absolute atomic E-state index is 0.144. The van der Waals surface area contributed by atoms with Crippen molar-refractivity contribution in [2.24, 2.45) is 10.5 Å². The van der Waals surface area contributed by atoms with Gasteiger partial charge >= 0.3 is 0 Å². The van der Waals surface area contributed by atoms with Gasteiger partial charge in [0.15, 0.2) is 5.84 Å². The molecular formula is C18H18Cl3N3O. The summed E-state index contributed by atoms with van der Waals surface area (Å²) >= 11 is 18.1. The van der Waals surface area contributed by atoms with Gasteiger partial charge in [-0.05, 0) is 30.3 Å². The number of ketones is 1. The molecule has 0 heterocycles. The van der Waals surface area contributed by atoms with E-state index < -0.39 is 5.41 Å². The number of anilines is 2. The predicted octanol–water partition coefficient (Wildman–Crippen LogP) is 6.10. The third-order valence-electron chi connectivity index (χ3n) is 3.24. The second-order valence-corrected chi connectivity index (χ2v) is 7.61. The topological polar surface area (TPSA) is 53.5 Å². The first kappa shape index (κ1) is 19.6.